The lowest BCUT2D eigenvalue weighted by molar-refractivity contribution is -0.144. The van der Waals surface area contributed by atoms with E-state index in [9.17, 15) is 18.0 Å². The summed E-state index contributed by atoms with van der Waals surface area (Å²) in [4.78, 5) is 28.4. The minimum atomic E-state index is -4.64. The van der Waals surface area contributed by atoms with Crippen molar-refractivity contribution in [3.63, 3.8) is 0 Å². The summed E-state index contributed by atoms with van der Waals surface area (Å²) in [5.41, 5.74) is 2.87. The maximum atomic E-state index is 12.9. The number of alkyl halides is 3. The number of fused-ring (bicyclic) bond motifs is 1. The number of carbonyl (C=O) groups is 1. The maximum Gasteiger partial charge on any atom is 0.453 e. The minimum Gasteiger partial charge on any atom is -0.368 e. The normalized spacial score (nSPS) is 15.0. The molecule has 4 heterocycles. The van der Waals surface area contributed by atoms with Crippen LogP contribution in [-0.2, 0) is 17.4 Å². The van der Waals surface area contributed by atoms with Gasteiger partial charge in [-0.15, -0.1) is 5.10 Å². The summed E-state index contributed by atoms with van der Waals surface area (Å²) < 4.78 is 39.9. The fourth-order valence-corrected chi connectivity index (χ4v) is 3.85. The molecule has 1 amide bonds. The lowest BCUT2D eigenvalue weighted by atomic mass is 10.1. The van der Waals surface area contributed by atoms with Gasteiger partial charge in [0.25, 0.3) is 11.6 Å². The van der Waals surface area contributed by atoms with Crippen LogP contribution in [0.3, 0.4) is 0 Å². The third kappa shape index (κ3) is 4.30. The Kier molecular flexibility index (Phi) is 5.50. The van der Waals surface area contributed by atoms with Gasteiger partial charge in [-0.05, 0) is 38.0 Å². The first-order valence-electron chi connectivity index (χ1n) is 9.97. The first-order valence-corrected chi connectivity index (χ1v) is 9.97. The molecule has 0 N–H and O–H groups in total. The molecule has 0 bridgehead atoms. The number of amides is 1. The van der Waals surface area contributed by atoms with Crippen molar-refractivity contribution in [2.24, 2.45) is 0 Å². The molecule has 1 fully saturated rings. The quantitative estimate of drug-likeness (QED) is 0.629. The molecule has 1 aliphatic heterocycles. The van der Waals surface area contributed by atoms with Crippen molar-refractivity contribution in [3.05, 3.63) is 47.3 Å². The number of rotatable bonds is 4. The molecule has 8 nitrogen and oxygen atoms in total. The van der Waals surface area contributed by atoms with E-state index in [0.29, 0.717) is 30.9 Å². The van der Waals surface area contributed by atoms with Crippen LogP contribution in [-0.4, -0.2) is 61.6 Å². The van der Waals surface area contributed by atoms with E-state index in [1.165, 1.54) is 0 Å². The largest absolute Gasteiger partial charge is 0.453 e. The minimum absolute atomic E-state index is 0.0165. The second-order valence-corrected chi connectivity index (χ2v) is 7.48. The number of halogens is 3. The Morgan fingerprint density at radius 3 is 2.39 bits per heavy atom. The van der Waals surface area contributed by atoms with Gasteiger partial charge in [-0.2, -0.15) is 18.2 Å². The highest BCUT2D eigenvalue weighted by Gasteiger charge is 2.37. The van der Waals surface area contributed by atoms with E-state index in [2.05, 4.69) is 25.0 Å². The van der Waals surface area contributed by atoms with E-state index in [1.807, 2.05) is 17.0 Å². The number of hydrogen-bond acceptors (Lipinski definition) is 6. The third-order valence-corrected chi connectivity index (χ3v) is 5.55. The first kappa shape index (κ1) is 21.0. The van der Waals surface area contributed by atoms with Crippen LogP contribution in [0.25, 0.3) is 5.78 Å². The summed E-state index contributed by atoms with van der Waals surface area (Å²) in [6.45, 7) is 6.09. The number of aryl methyl sites for hydroxylation is 2. The highest BCUT2D eigenvalue weighted by molar-refractivity contribution is 5.77. The van der Waals surface area contributed by atoms with E-state index in [0.717, 1.165) is 28.9 Å². The molecule has 1 saturated heterocycles. The Bertz CT molecular complexity index is 1090. The number of nitrogens with zero attached hydrogens (tertiary/aromatic N) is 7. The number of carbonyl (C=O) groups excluding carboxylic acids is 1. The van der Waals surface area contributed by atoms with Gasteiger partial charge in [-0.25, -0.2) is 9.50 Å². The Morgan fingerprint density at radius 1 is 1.06 bits per heavy atom. The summed E-state index contributed by atoms with van der Waals surface area (Å²) in [7, 11) is 0. The Morgan fingerprint density at radius 2 is 1.74 bits per heavy atom. The highest BCUT2D eigenvalue weighted by atomic mass is 19.4. The van der Waals surface area contributed by atoms with Crippen LogP contribution in [0.2, 0.25) is 0 Å². The molecule has 0 unspecified atom stereocenters. The highest BCUT2D eigenvalue weighted by Crippen LogP contribution is 2.27. The molecule has 3 aromatic heterocycles. The van der Waals surface area contributed by atoms with Crippen molar-refractivity contribution >= 4 is 17.4 Å². The van der Waals surface area contributed by atoms with Gasteiger partial charge >= 0.3 is 6.18 Å². The summed E-state index contributed by atoms with van der Waals surface area (Å²) >= 11 is 0. The summed E-state index contributed by atoms with van der Waals surface area (Å²) in [5, 5.41) is 3.55. The number of anilines is 1. The van der Waals surface area contributed by atoms with E-state index < -0.39 is 12.0 Å². The van der Waals surface area contributed by atoms with Gasteiger partial charge in [0.15, 0.2) is 0 Å². The molecule has 0 spiro atoms. The molecular formula is C20H22F3N7O. The van der Waals surface area contributed by atoms with E-state index in [4.69, 9.17) is 0 Å². The second kappa shape index (κ2) is 8.12. The van der Waals surface area contributed by atoms with Gasteiger partial charge in [-0.3, -0.25) is 9.78 Å². The maximum absolute atomic E-state index is 12.9. The fraction of sp³-hybridized carbons (Fsp3) is 0.450. The molecule has 0 aliphatic carbocycles. The summed E-state index contributed by atoms with van der Waals surface area (Å²) in [6.07, 6.45) is -0.511. The zero-order valence-corrected chi connectivity index (χ0v) is 17.2. The average Bonchev–Trinajstić information content (AvgIpc) is 3.19. The SMILES string of the molecule is Cc1nc2nc(C(F)(F)F)nn2c(C)c1CCC(=O)N1CCN(c2ccncc2)CC1. The molecule has 3 aromatic rings. The lowest BCUT2D eigenvalue weighted by Gasteiger charge is -2.36. The van der Waals surface area contributed by atoms with Gasteiger partial charge in [0, 0.05) is 62.1 Å². The number of hydrogen-bond donors (Lipinski definition) is 0. The van der Waals surface area contributed by atoms with Crippen molar-refractivity contribution < 1.29 is 18.0 Å². The van der Waals surface area contributed by atoms with E-state index >= 15 is 0 Å². The smallest absolute Gasteiger partial charge is 0.368 e. The zero-order chi connectivity index (χ0) is 22.2. The topological polar surface area (TPSA) is 79.5 Å². The van der Waals surface area contributed by atoms with Gasteiger partial charge in [0.05, 0.1) is 0 Å². The van der Waals surface area contributed by atoms with Gasteiger partial charge in [0.2, 0.25) is 5.91 Å². The van der Waals surface area contributed by atoms with Crippen LogP contribution in [0.4, 0.5) is 18.9 Å². The molecule has 0 aromatic carbocycles. The summed E-state index contributed by atoms with van der Waals surface area (Å²) in [6, 6.07) is 3.89. The number of aromatic nitrogens is 5. The van der Waals surface area contributed by atoms with Gasteiger partial charge < -0.3 is 9.80 Å². The average molecular weight is 433 g/mol. The number of pyridine rings is 1. The monoisotopic (exact) mass is 433 g/mol. The Labute approximate surface area is 176 Å². The second-order valence-electron chi connectivity index (χ2n) is 7.48. The van der Waals surface area contributed by atoms with Crippen LogP contribution in [0.1, 0.15) is 29.2 Å². The van der Waals surface area contributed by atoms with Crippen LogP contribution in [0.15, 0.2) is 24.5 Å². The van der Waals surface area contributed by atoms with Crippen molar-refractivity contribution in [1.82, 2.24) is 29.5 Å². The van der Waals surface area contributed by atoms with Crippen molar-refractivity contribution in [1.29, 1.82) is 0 Å². The first-order chi connectivity index (χ1) is 14.7. The predicted molar refractivity (Wildman–Crippen MR) is 107 cm³/mol. The Balaban J connectivity index is 1.41. The standard InChI is InChI=1S/C20H22F3N7O/c1-13-16(14(2)30-19(25-13)26-18(27-30)20(21,22)23)3-4-17(31)29-11-9-28(10-12-29)15-5-7-24-8-6-15/h5-8H,3-4,9-12H2,1-2H3. The van der Waals surface area contributed by atoms with Crippen molar-refractivity contribution in [2.45, 2.75) is 32.9 Å². The Hall–Kier alpha value is -3.24. The molecule has 0 saturated carbocycles. The number of piperazine rings is 1. The van der Waals surface area contributed by atoms with E-state index in [-0.39, 0.29) is 18.1 Å². The third-order valence-electron chi connectivity index (χ3n) is 5.55. The van der Waals surface area contributed by atoms with Gasteiger partial charge in [0.1, 0.15) is 0 Å². The molecule has 164 valence electrons. The lowest BCUT2D eigenvalue weighted by Crippen LogP contribution is -2.48. The molecule has 0 atom stereocenters. The van der Waals surface area contributed by atoms with Crippen LogP contribution < -0.4 is 4.90 Å². The molecular weight excluding hydrogens is 411 g/mol. The van der Waals surface area contributed by atoms with Crippen LogP contribution in [0.5, 0.6) is 0 Å². The molecule has 0 radical (unpaired) electrons. The predicted octanol–water partition coefficient (Wildman–Crippen LogP) is 2.44. The van der Waals surface area contributed by atoms with Crippen LogP contribution >= 0.6 is 0 Å². The zero-order valence-electron chi connectivity index (χ0n) is 17.2. The van der Waals surface area contributed by atoms with Gasteiger partial charge in [-0.1, -0.05) is 0 Å². The summed E-state index contributed by atoms with van der Waals surface area (Å²) in [5.74, 6) is -1.30. The fourth-order valence-electron chi connectivity index (χ4n) is 3.85. The van der Waals surface area contributed by atoms with Crippen LogP contribution in [0, 0.1) is 13.8 Å². The molecule has 31 heavy (non-hydrogen) atoms. The van der Waals surface area contributed by atoms with E-state index in [1.54, 1.807) is 26.2 Å². The molecule has 4 rings (SSSR count). The van der Waals surface area contributed by atoms with Crippen molar-refractivity contribution in [2.75, 3.05) is 31.1 Å². The molecule has 11 heteroatoms. The molecule has 1 aliphatic rings. The van der Waals surface area contributed by atoms with Crippen molar-refractivity contribution in [3.8, 4) is 0 Å².